The van der Waals surface area contributed by atoms with Crippen LogP contribution in [-0.2, 0) is 4.79 Å². The maximum atomic E-state index is 13.7. The first-order chi connectivity index (χ1) is 16.0. The molecular formula is C27H35N3O3. The van der Waals surface area contributed by atoms with Gasteiger partial charge in [0.1, 0.15) is 5.75 Å². The number of carbonyl (C=O) groups is 2. The number of methoxy groups -OCH3 is 1. The summed E-state index contributed by atoms with van der Waals surface area (Å²) in [5.41, 5.74) is 3.06. The third-order valence-corrected chi connectivity index (χ3v) is 6.86. The van der Waals surface area contributed by atoms with Crippen molar-refractivity contribution in [2.75, 3.05) is 32.1 Å². The van der Waals surface area contributed by atoms with Crippen molar-refractivity contribution in [3.8, 4) is 5.75 Å². The molecule has 0 aliphatic carbocycles. The van der Waals surface area contributed by atoms with E-state index in [0.29, 0.717) is 13.1 Å². The van der Waals surface area contributed by atoms with Crippen molar-refractivity contribution >= 4 is 17.6 Å². The summed E-state index contributed by atoms with van der Waals surface area (Å²) in [4.78, 5) is 30.5. The van der Waals surface area contributed by atoms with Crippen LogP contribution in [0.5, 0.6) is 5.75 Å². The van der Waals surface area contributed by atoms with Gasteiger partial charge in [-0.1, -0.05) is 37.1 Å². The number of rotatable bonds is 4. The Balaban J connectivity index is 1.45. The highest BCUT2D eigenvalue weighted by Crippen LogP contribution is 2.33. The second kappa shape index (κ2) is 10.7. The van der Waals surface area contributed by atoms with Crippen LogP contribution in [0.15, 0.2) is 48.5 Å². The van der Waals surface area contributed by atoms with Crippen molar-refractivity contribution < 1.29 is 14.3 Å². The van der Waals surface area contributed by atoms with Gasteiger partial charge in [-0.15, -0.1) is 0 Å². The molecule has 3 amide bonds. The number of amides is 3. The molecule has 0 saturated carbocycles. The highest BCUT2D eigenvalue weighted by atomic mass is 16.5. The molecule has 33 heavy (non-hydrogen) atoms. The summed E-state index contributed by atoms with van der Waals surface area (Å²) in [5, 5.41) is 3.00. The standard InChI is InChI=1S/C27H35N3O3/c1-20-8-6-10-23(18-20)28-27(32)29-16-7-9-22(19-29)26(31)30-17-5-3-4-11-25(30)21-12-14-24(33-2)15-13-21/h6,8,10,12-15,18,22,25H,3-5,7,9,11,16-17,19H2,1-2H3,(H,28,32). The van der Waals surface area contributed by atoms with Crippen LogP contribution in [0.4, 0.5) is 10.5 Å². The van der Waals surface area contributed by atoms with Crippen LogP contribution in [0, 0.1) is 12.8 Å². The Morgan fingerprint density at radius 3 is 2.55 bits per heavy atom. The fraction of sp³-hybridized carbons (Fsp3) is 0.481. The summed E-state index contributed by atoms with van der Waals surface area (Å²) in [7, 11) is 1.67. The van der Waals surface area contributed by atoms with Gasteiger partial charge in [0.2, 0.25) is 5.91 Å². The maximum absolute atomic E-state index is 13.7. The lowest BCUT2D eigenvalue weighted by Gasteiger charge is -2.37. The first kappa shape index (κ1) is 23.1. The molecule has 2 aliphatic rings. The number of nitrogens with one attached hydrogen (secondary N) is 1. The smallest absolute Gasteiger partial charge is 0.321 e. The number of nitrogens with zero attached hydrogens (tertiary/aromatic N) is 2. The molecule has 2 saturated heterocycles. The number of carbonyl (C=O) groups excluding carboxylic acids is 2. The Bertz CT molecular complexity index is 959. The third kappa shape index (κ3) is 5.67. The van der Waals surface area contributed by atoms with Gasteiger partial charge in [0.25, 0.3) is 0 Å². The van der Waals surface area contributed by atoms with E-state index < -0.39 is 0 Å². The minimum atomic E-state index is -0.152. The average molecular weight is 450 g/mol. The van der Waals surface area contributed by atoms with Crippen molar-refractivity contribution in [2.45, 2.75) is 51.5 Å². The maximum Gasteiger partial charge on any atom is 0.321 e. The predicted molar refractivity (Wildman–Crippen MR) is 130 cm³/mol. The lowest BCUT2D eigenvalue weighted by atomic mass is 9.94. The van der Waals surface area contributed by atoms with Crippen LogP contribution in [-0.4, -0.2) is 48.5 Å². The minimum absolute atomic E-state index is 0.0856. The summed E-state index contributed by atoms with van der Waals surface area (Å²) in [6.45, 7) is 3.94. The molecule has 2 aliphatic heterocycles. The molecule has 0 bridgehead atoms. The predicted octanol–water partition coefficient (Wildman–Crippen LogP) is 5.39. The summed E-state index contributed by atoms with van der Waals surface area (Å²) >= 11 is 0. The highest BCUT2D eigenvalue weighted by Gasteiger charge is 2.35. The van der Waals surface area contributed by atoms with E-state index >= 15 is 0 Å². The van der Waals surface area contributed by atoms with Gasteiger partial charge in [0.05, 0.1) is 19.1 Å². The van der Waals surface area contributed by atoms with Gasteiger partial charge in [-0.25, -0.2) is 4.79 Å². The third-order valence-electron chi connectivity index (χ3n) is 6.86. The molecule has 2 fully saturated rings. The average Bonchev–Trinajstić information content (AvgIpc) is 3.10. The van der Waals surface area contributed by atoms with Gasteiger partial charge in [-0.05, 0) is 68.0 Å². The monoisotopic (exact) mass is 449 g/mol. The fourth-order valence-electron chi connectivity index (χ4n) is 5.07. The normalized spacial score (nSPS) is 21.3. The molecule has 0 spiro atoms. The second-order valence-electron chi connectivity index (χ2n) is 9.25. The van der Waals surface area contributed by atoms with Crippen LogP contribution >= 0.6 is 0 Å². The van der Waals surface area contributed by atoms with E-state index in [0.717, 1.165) is 67.6 Å². The SMILES string of the molecule is COc1ccc(C2CCCCCN2C(=O)C2CCCN(C(=O)Nc3cccc(C)c3)C2)cc1. The second-order valence-corrected chi connectivity index (χ2v) is 9.25. The first-order valence-electron chi connectivity index (χ1n) is 12.1. The van der Waals surface area contributed by atoms with Gasteiger partial charge in [0, 0.05) is 25.3 Å². The minimum Gasteiger partial charge on any atom is -0.497 e. The van der Waals surface area contributed by atoms with E-state index in [9.17, 15) is 9.59 Å². The molecule has 6 nitrogen and oxygen atoms in total. The molecule has 6 heteroatoms. The molecular weight excluding hydrogens is 414 g/mol. The van der Waals surface area contributed by atoms with Crippen molar-refractivity contribution in [2.24, 2.45) is 5.92 Å². The van der Waals surface area contributed by atoms with Crippen LogP contribution < -0.4 is 10.1 Å². The molecule has 0 radical (unpaired) electrons. The molecule has 2 aromatic rings. The van der Waals surface area contributed by atoms with Crippen LogP contribution in [0.2, 0.25) is 0 Å². The number of anilines is 1. The van der Waals surface area contributed by atoms with Gasteiger partial charge in [-0.3, -0.25) is 4.79 Å². The number of likely N-dealkylation sites (tertiary alicyclic amines) is 2. The zero-order chi connectivity index (χ0) is 23.2. The zero-order valence-electron chi connectivity index (χ0n) is 19.8. The van der Waals surface area contributed by atoms with Gasteiger partial charge < -0.3 is 19.9 Å². The lowest BCUT2D eigenvalue weighted by Crippen LogP contribution is -2.48. The number of piperidine rings is 1. The molecule has 2 atom stereocenters. The lowest BCUT2D eigenvalue weighted by molar-refractivity contribution is -0.139. The van der Waals surface area contributed by atoms with Crippen molar-refractivity contribution in [1.82, 2.24) is 9.80 Å². The van der Waals surface area contributed by atoms with E-state index in [1.807, 2.05) is 43.3 Å². The van der Waals surface area contributed by atoms with Crippen LogP contribution in [0.1, 0.15) is 55.7 Å². The zero-order valence-corrected chi connectivity index (χ0v) is 19.8. The summed E-state index contributed by atoms with van der Waals surface area (Å²) in [6, 6.07) is 15.9. The Morgan fingerprint density at radius 2 is 1.79 bits per heavy atom. The molecule has 176 valence electrons. The van der Waals surface area contributed by atoms with Crippen LogP contribution in [0.25, 0.3) is 0 Å². The van der Waals surface area contributed by atoms with Crippen LogP contribution in [0.3, 0.4) is 0 Å². The van der Waals surface area contributed by atoms with Crippen molar-refractivity contribution in [3.05, 3.63) is 59.7 Å². The number of ether oxygens (including phenoxy) is 1. The van der Waals surface area contributed by atoms with E-state index in [2.05, 4.69) is 22.3 Å². The van der Waals surface area contributed by atoms with E-state index in [1.54, 1.807) is 12.0 Å². The molecule has 0 aromatic heterocycles. The Kier molecular flexibility index (Phi) is 7.53. The number of urea groups is 1. The Labute approximate surface area is 196 Å². The van der Waals surface area contributed by atoms with E-state index in [-0.39, 0.29) is 23.9 Å². The molecule has 2 unspecified atom stereocenters. The highest BCUT2D eigenvalue weighted by molar-refractivity contribution is 5.90. The molecule has 4 rings (SSSR count). The number of hydrogen-bond acceptors (Lipinski definition) is 3. The van der Waals surface area contributed by atoms with E-state index in [4.69, 9.17) is 4.74 Å². The molecule has 2 heterocycles. The largest absolute Gasteiger partial charge is 0.497 e. The Morgan fingerprint density at radius 1 is 0.970 bits per heavy atom. The quantitative estimate of drug-likeness (QED) is 0.681. The van der Waals surface area contributed by atoms with Gasteiger partial charge in [0.15, 0.2) is 0 Å². The number of benzene rings is 2. The van der Waals surface area contributed by atoms with E-state index in [1.165, 1.54) is 0 Å². The molecule has 1 N–H and O–H groups in total. The van der Waals surface area contributed by atoms with Gasteiger partial charge >= 0.3 is 6.03 Å². The van der Waals surface area contributed by atoms with Crippen molar-refractivity contribution in [3.63, 3.8) is 0 Å². The first-order valence-corrected chi connectivity index (χ1v) is 12.1. The fourth-order valence-corrected chi connectivity index (χ4v) is 5.07. The Hall–Kier alpha value is -3.02. The van der Waals surface area contributed by atoms with Crippen molar-refractivity contribution in [1.29, 1.82) is 0 Å². The molecule has 2 aromatic carbocycles. The topological polar surface area (TPSA) is 61.9 Å². The summed E-state index contributed by atoms with van der Waals surface area (Å²) in [5.74, 6) is 0.861. The number of hydrogen-bond donors (Lipinski definition) is 1. The van der Waals surface area contributed by atoms with Gasteiger partial charge in [-0.2, -0.15) is 0 Å². The summed E-state index contributed by atoms with van der Waals surface area (Å²) < 4.78 is 5.31. The number of aryl methyl sites for hydroxylation is 1. The summed E-state index contributed by atoms with van der Waals surface area (Å²) in [6.07, 6.45) is 5.95.